The van der Waals surface area contributed by atoms with Crippen LogP contribution in [0.25, 0.3) is 0 Å². The van der Waals surface area contributed by atoms with Gasteiger partial charge in [0.1, 0.15) is 5.82 Å². The lowest BCUT2D eigenvalue weighted by Gasteiger charge is -2.30. The van der Waals surface area contributed by atoms with Crippen LogP contribution in [-0.4, -0.2) is 48.2 Å². The molecule has 0 radical (unpaired) electrons. The van der Waals surface area contributed by atoms with Crippen LogP contribution in [0.15, 0.2) is 12.4 Å². The van der Waals surface area contributed by atoms with Crippen molar-refractivity contribution in [2.45, 2.75) is 38.8 Å². The number of methoxy groups -OCH3 is 1. The lowest BCUT2D eigenvalue weighted by atomic mass is 10.2. The maximum Gasteiger partial charge on any atom is 0.358 e. The fourth-order valence-corrected chi connectivity index (χ4v) is 2.42. The Bertz CT molecular complexity index is 458. The molecule has 20 heavy (non-hydrogen) atoms. The first-order chi connectivity index (χ1) is 9.61. The normalized spacial score (nSPS) is 18.3. The van der Waals surface area contributed by atoms with Crippen molar-refractivity contribution in [1.82, 2.24) is 15.3 Å². The molecule has 1 unspecified atom stereocenters. The van der Waals surface area contributed by atoms with Gasteiger partial charge >= 0.3 is 5.97 Å². The van der Waals surface area contributed by atoms with Crippen molar-refractivity contribution in [2.24, 2.45) is 0 Å². The van der Waals surface area contributed by atoms with E-state index in [-0.39, 0.29) is 5.69 Å². The van der Waals surface area contributed by atoms with Crippen LogP contribution in [0, 0.1) is 0 Å². The van der Waals surface area contributed by atoms with Crippen molar-refractivity contribution in [3.63, 3.8) is 0 Å². The zero-order valence-electron chi connectivity index (χ0n) is 12.3. The second-order valence-electron chi connectivity index (χ2n) is 5.29. The number of hydrogen-bond donors (Lipinski definition) is 1. The van der Waals surface area contributed by atoms with E-state index in [1.54, 1.807) is 6.20 Å². The van der Waals surface area contributed by atoms with E-state index in [0.29, 0.717) is 12.1 Å². The second kappa shape index (κ2) is 6.65. The van der Waals surface area contributed by atoms with Crippen molar-refractivity contribution in [3.8, 4) is 0 Å². The Kier molecular flexibility index (Phi) is 4.89. The highest BCUT2D eigenvalue weighted by Crippen LogP contribution is 2.17. The molecule has 1 aliphatic rings. The standard InChI is InChI=1S/C14H22N4O2/c1-10(2)18(9-11-5-4-6-16-11)13-8-15-7-12(17-13)14(19)20-3/h7-8,10-11,16H,4-6,9H2,1-3H3. The van der Waals surface area contributed by atoms with Gasteiger partial charge in [0.15, 0.2) is 5.69 Å². The zero-order valence-corrected chi connectivity index (χ0v) is 12.3. The van der Waals surface area contributed by atoms with E-state index in [9.17, 15) is 4.79 Å². The van der Waals surface area contributed by atoms with Gasteiger partial charge in [-0.15, -0.1) is 0 Å². The van der Waals surface area contributed by atoms with E-state index >= 15 is 0 Å². The van der Waals surface area contributed by atoms with Crippen LogP contribution < -0.4 is 10.2 Å². The van der Waals surface area contributed by atoms with Crippen LogP contribution in [0.4, 0.5) is 5.82 Å². The van der Waals surface area contributed by atoms with Gasteiger partial charge in [-0.2, -0.15) is 0 Å². The Labute approximate surface area is 119 Å². The van der Waals surface area contributed by atoms with E-state index in [2.05, 4.69) is 34.0 Å². The summed E-state index contributed by atoms with van der Waals surface area (Å²) in [5.74, 6) is 0.263. The third kappa shape index (κ3) is 3.45. The van der Waals surface area contributed by atoms with Gasteiger partial charge in [-0.25, -0.2) is 9.78 Å². The predicted octanol–water partition coefficient (Wildman–Crippen LogP) is 1.23. The van der Waals surface area contributed by atoms with E-state index < -0.39 is 5.97 Å². The maximum absolute atomic E-state index is 11.5. The summed E-state index contributed by atoms with van der Waals surface area (Å²) in [4.78, 5) is 22.2. The van der Waals surface area contributed by atoms with Crippen LogP contribution in [0.5, 0.6) is 0 Å². The van der Waals surface area contributed by atoms with Gasteiger partial charge in [0.25, 0.3) is 0 Å². The zero-order chi connectivity index (χ0) is 14.5. The monoisotopic (exact) mass is 278 g/mol. The first kappa shape index (κ1) is 14.7. The Hall–Kier alpha value is -1.69. The number of anilines is 1. The van der Waals surface area contributed by atoms with Crippen molar-refractivity contribution in [3.05, 3.63) is 18.1 Å². The molecule has 0 amide bonds. The number of nitrogens with one attached hydrogen (secondary N) is 1. The lowest BCUT2D eigenvalue weighted by molar-refractivity contribution is 0.0593. The van der Waals surface area contributed by atoms with Gasteiger partial charge in [0.05, 0.1) is 19.5 Å². The number of carbonyl (C=O) groups is 1. The summed E-state index contributed by atoms with van der Waals surface area (Å²) in [7, 11) is 1.35. The van der Waals surface area contributed by atoms with Crippen molar-refractivity contribution >= 4 is 11.8 Å². The fourth-order valence-electron chi connectivity index (χ4n) is 2.42. The first-order valence-corrected chi connectivity index (χ1v) is 7.02. The first-order valence-electron chi connectivity index (χ1n) is 7.02. The number of aromatic nitrogens is 2. The third-order valence-electron chi connectivity index (χ3n) is 3.51. The highest BCUT2D eigenvalue weighted by atomic mass is 16.5. The molecule has 0 aromatic carbocycles. The third-order valence-corrected chi connectivity index (χ3v) is 3.51. The van der Waals surface area contributed by atoms with E-state index in [1.807, 2.05) is 0 Å². The number of hydrogen-bond acceptors (Lipinski definition) is 6. The van der Waals surface area contributed by atoms with E-state index in [1.165, 1.54) is 26.1 Å². The SMILES string of the molecule is COC(=O)c1cncc(N(CC2CCCN2)C(C)C)n1. The average molecular weight is 278 g/mol. The van der Waals surface area contributed by atoms with Gasteiger partial charge in [0.2, 0.25) is 0 Å². The van der Waals surface area contributed by atoms with Crippen LogP contribution in [0.3, 0.4) is 0 Å². The van der Waals surface area contributed by atoms with Gasteiger partial charge in [0, 0.05) is 18.6 Å². The van der Waals surface area contributed by atoms with Gasteiger partial charge in [-0.1, -0.05) is 0 Å². The average Bonchev–Trinajstić information content (AvgIpc) is 2.96. The minimum absolute atomic E-state index is 0.245. The number of rotatable bonds is 5. The molecule has 110 valence electrons. The molecule has 0 aliphatic carbocycles. The molecule has 2 heterocycles. The topological polar surface area (TPSA) is 67.3 Å². The maximum atomic E-state index is 11.5. The Morgan fingerprint density at radius 2 is 2.35 bits per heavy atom. The van der Waals surface area contributed by atoms with Gasteiger partial charge < -0.3 is 15.0 Å². The smallest absolute Gasteiger partial charge is 0.358 e. The Morgan fingerprint density at radius 3 is 2.95 bits per heavy atom. The Balaban J connectivity index is 2.17. The molecule has 1 aromatic rings. The highest BCUT2D eigenvalue weighted by molar-refractivity contribution is 5.87. The van der Waals surface area contributed by atoms with Crippen molar-refractivity contribution < 1.29 is 9.53 Å². The lowest BCUT2D eigenvalue weighted by Crippen LogP contribution is -2.42. The number of ether oxygens (including phenoxy) is 1. The van der Waals surface area contributed by atoms with Crippen LogP contribution in [0.2, 0.25) is 0 Å². The summed E-state index contributed by atoms with van der Waals surface area (Å²) >= 11 is 0. The number of nitrogens with zero attached hydrogens (tertiary/aromatic N) is 3. The molecule has 0 saturated carbocycles. The summed E-state index contributed by atoms with van der Waals surface area (Å²) in [6.07, 6.45) is 5.51. The van der Waals surface area contributed by atoms with E-state index in [0.717, 1.165) is 18.9 Å². The largest absolute Gasteiger partial charge is 0.464 e. The molecule has 1 saturated heterocycles. The van der Waals surface area contributed by atoms with E-state index in [4.69, 9.17) is 4.74 Å². The number of esters is 1. The Morgan fingerprint density at radius 1 is 1.55 bits per heavy atom. The molecule has 1 aliphatic heterocycles. The molecule has 1 fully saturated rings. The molecule has 1 atom stereocenters. The summed E-state index contributed by atoms with van der Waals surface area (Å²) in [6.45, 7) is 6.17. The molecule has 1 N–H and O–H groups in total. The molecular formula is C14H22N4O2. The molecule has 0 spiro atoms. The second-order valence-corrected chi connectivity index (χ2v) is 5.29. The molecule has 1 aromatic heterocycles. The summed E-state index contributed by atoms with van der Waals surface area (Å²) in [5.41, 5.74) is 0.245. The fraction of sp³-hybridized carbons (Fsp3) is 0.643. The van der Waals surface area contributed by atoms with Crippen LogP contribution in [-0.2, 0) is 4.74 Å². The summed E-state index contributed by atoms with van der Waals surface area (Å²) in [6, 6.07) is 0.764. The minimum Gasteiger partial charge on any atom is -0.464 e. The van der Waals surface area contributed by atoms with Gasteiger partial charge in [-0.3, -0.25) is 4.98 Å². The predicted molar refractivity (Wildman–Crippen MR) is 76.9 cm³/mol. The van der Waals surface area contributed by atoms with Crippen molar-refractivity contribution in [2.75, 3.05) is 25.1 Å². The summed E-state index contributed by atoms with van der Waals surface area (Å²) < 4.78 is 4.69. The van der Waals surface area contributed by atoms with Crippen LogP contribution in [0.1, 0.15) is 37.2 Å². The van der Waals surface area contributed by atoms with Crippen molar-refractivity contribution in [1.29, 1.82) is 0 Å². The molecule has 0 bridgehead atoms. The molecular weight excluding hydrogens is 256 g/mol. The van der Waals surface area contributed by atoms with Gasteiger partial charge in [-0.05, 0) is 33.2 Å². The number of carbonyl (C=O) groups excluding carboxylic acids is 1. The quantitative estimate of drug-likeness (QED) is 0.817. The molecule has 6 heteroatoms. The molecule has 2 rings (SSSR count). The highest BCUT2D eigenvalue weighted by Gasteiger charge is 2.22. The minimum atomic E-state index is -0.456. The molecule has 6 nitrogen and oxygen atoms in total. The van der Waals surface area contributed by atoms with Crippen LogP contribution >= 0.6 is 0 Å². The summed E-state index contributed by atoms with van der Waals surface area (Å²) in [5, 5.41) is 3.48.